The molecule has 1 aromatic rings. The maximum absolute atomic E-state index is 9.51. The van der Waals surface area contributed by atoms with Crippen LogP contribution in [0, 0.1) is 0 Å². The van der Waals surface area contributed by atoms with Crippen LogP contribution in [-0.2, 0) is 0 Å². The van der Waals surface area contributed by atoms with E-state index in [0.717, 1.165) is 0 Å². The summed E-state index contributed by atoms with van der Waals surface area (Å²) in [7, 11) is 0. The number of halogens is 4. The van der Waals surface area contributed by atoms with Crippen molar-refractivity contribution in [1.29, 1.82) is 0 Å². The Hall–Kier alpha value is 0.340. The highest BCUT2D eigenvalue weighted by Crippen LogP contribution is 2.39. The Labute approximate surface area is 96.2 Å². The second kappa shape index (κ2) is 4.24. The van der Waals surface area contributed by atoms with Crippen LogP contribution in [0.15, 0.2) is 24.3 Å². The van der Waals surface area contributed by atoms with Crippen molar-refractivity contribution in [3.05, 3.63) is 34.9 Å². The lowest BCUT2D eigenvalue weighted by molar-refractivity contribution is 0.182. The fraction of sp³-hybridized carbons (Fsp3) is 0.250. The minimum absolute atomic E-state index is 0.518. The topological polar surface area (TPSA) is 20.2 Å². The summed E-state index contributed by atoms with van der Waals surface area (Å²) in [4.78, 5) is 0. The van der Waals surface area contributed by atoms with Gasteiger partial charge in [-0.15, -0.1) is 0 Å². The van der Waals surface area contributed by atoms with Crippen LogP contribution >= 0.6 is 46.4 Å². The third-order valence-corrected chi connectivity index (χ3v) is 2.37. The molecule has 1 aromatic carbocycles. The maximum Gasteiger partial charge on any atom is 0.220 e. The van der Waals surface area contributed by atoms with Crippen LogP contribution in [0.4, 0.5) is 0 Å². The summed E-state index contributed by atoms with van der Waals surface area (Å²) in [6.45, 7) is 0. The Kier molecular flexibility index (Phi) is 3.73. The van der Waals surface area contributed by atoms with Crippen LogP contribution in [0.25, 0.3) is 0 Å². The molecule has 1 nitrogen and oxygen atoms in total. The number of alkyl halides is 3. The minimum Gasteiger partial charge on any atom is -0.384 e. The number of aliphatic hydroxyl groups excluding tert-OH is 1. The summed E-state index contributed by atoms with van der Waals surface area (Å²) in [5.74, 6) is 0. The predicted molar refractivity (Wildman–Crippen MR) is 56.7 cm³/mol. The first kappa shape index (κ1) is 11.4. The fourth-order valence-corrected chi connectivity index (χ4v) is 1.34. The van der Waals surface area contributed by atoms with Crippen LogP contribution in [0.3, 0.4) is 0 Å². The Morgan fingerprint density at radius 2 is 1.54 bits per heavy atom. The molecule has 0 fully saturated rings. The van der Waals surface area contributed by atoms with E-state index in [1.54, 1.807) is 24.3 Å². The molecule has 13 heavy (non-hydrogen) atoms. The zero-order valence-electron chi connectivity index (χ0n) is 6.35. The quantitative estimate of drug-likeness (QED) is 0.762. The average Bonchev–Trinajstić information content (AvgIpc) is 2.03. The van der Waals surface area contributed by atoms with E-state index in [0.29, 0.717) is 10.6 Å². The smallest absolute Gasteiger partial charge is 0.220 e. The van der Waals surface area contributed by atoms with E-state index < -0.39 is 9.90 Å². The van der Waals surface area contributed by atoms with Crippen molar-refractivity contribution in [3.8, 4) is 0 Å². The lowest BCUT2D eigenvalue weighted by atomic mass is 10.1. The monoisotopic (exact) mass is 258 g/mol. The van der Waals surface area contributed by atoms with Crippen LogP contribution in [0.1, 0.15) is 11.7 Å². The second-order valence-electron chi connectivity index (χ2n) is 2.50. The van der Waals surface area contributed by atoms with Gasteiger partial charge >= 0.3 is 0 Å². The van der Waals surface area contributed by atoms with E-state index in [1.165, 1.54) is 0 Å². The molecule has 0 aliphatic heterocycles. The second-order valence-corrected chi connectivity index (χ2v) is 5.30. The molecule has 1 rings (SSSR count). The molecular weight excluding hydrogens is 254 g/mol. The summed E-state index contributed by atoms with van der Waals surface area (Å²) < 4.78 is -1.71. The van der Waals surface area contributed by atoms with Crippen molar-refractivity contribution in [2.45, 2.75) is 9.90 Å². The van der Waals surface area contributed by atoms with Gasteiger partial charge < -0.3 is 5.11 Å². The number of hydrogen-bond donors (Lipinski definition) is 1. The van der Waals surface area contributed by atoms with Gasteiger partial charge in [0.25, 0.3) is 0 Å². The van der Waals surface area contributed by atoms with Gasteiger partial charge in [-0.05, 0) is 17.7 Å². The van der Waals surface area contributed by atoms with Gasteiger partial charge in [0.05, 0.1) is 0 Å². The molecule has 0 aliphatic rings. The normalized spacial score (nSPS) is 14.2. The highest BCUT2D eigenvalue weighted by atomic mass is 35.6. The molecule has 72 valence electrons. The summed E-state index contributed by atoms with van der Waals surface area (Å²) >= 11 is 22.2. The molecule has 0 aliphatic carbocycles. The van der Waals surface area contributed by atoms with Crippen LogP contribution in [0.5, 0.6) is 0 Å². The number of benzene rings is 1. The van der Waals surface area contributed by atoms with Gasteiger partial charge in [0, 0.05) is 5.02 Å². The first-order chi connectivity index (χ1) is 5.91. The van der Waals surface area contributed by atoms with Crippen LogP contribution in [0.2, 0.25) is 5.02 Å². The van der Waals surface area contributed by atoms with Gasteiger partial charge in [-0.1, -0.05) is 58.5 Å². The molecule has 1 N–H and O–H groups in total. The van der Waals surface area contributed by atoms with Gasteiger partial charge in [0.1, 0.15) is 6.10 Å². The van der Waals surface area contributed by atoms with Gasteiger partial charge in [-0.3, -0.25) is 0 Å². The Morgan fingerprint density at radius 1 is 1.08 bits per heavy atom. The molecule has 1 unspecified atom stereocenters. The zero-order valence-corrected chi connectivity index (χ0v) is 9.37. The Bertz CT molecular complexity index is 277. The number of rotatable bonds is 1. The van der Waals surface area contributed by atoms with E-state index >= 15 is 0 Å². The van der Waals surface area contributed by atoms with E-state index in [2.05, 4.69) is 0 Å². The SMILES string of the molecule is OC(c1ccc(Cl)cc1)C(Cl)(Cl)Cl. The standard InChI is InChI=1S/C8H6Cl4O/c9-6-3-1-5(2-4-6)7(13)8(10,11)12/h1-4,7,13H. The Balaban J connectivity index is 2.90. The predicted octanol–water partition coefficient (Wildman–Crippen LogP) is 3.74. The third kappa shape index (κ3) is 3.19. The third-order valence-electron chi connectivity index (χ3n) is 1.50. The van der Waals surface area contributed by atoms with Crippen molar-refractivity contribution in [1.82, 2.24) is 0 Å². The van der Waals surface area contributed by atoms with Crippen molar-refractivity contribution >= 4 is 46.4 Å². The lowest BCUT2D eigenvalue weighted by Gasteiger charge is -2.18. The van der Waals surface area contributed by atoms with Gasteiger partial charge in [-0.2, -0.15) is 0 Å². The molecule has 0 saturated carbocycles. The van der Waals surface area contributed by atoms with Crippen molar-refractivity contribution in [3.63, 3.8) is 0 Å². The minimum atomic E-state index is -1.71. The zero-order chi connectivity index (χ0) is 10.1. The fourth-order valence-electron chi connectivity index (χ4n) is 0.834. The molecule has 0 heterocycles. The van der Waals surface area contributed by atoms with E-state index in [4.69, 9.17) is 46.4 Å². The molecule has 0 amide bonds. The van der Waals surface area contributed by atoms with E-state index in [-0.39, 0.29) is 0 Å². The van der Waals surface area contributed by atoms with Crippen molar-refractivity contribution < 1.29 is 5.11 Å². The lowest BCUT2D eigenvalue weighted by Crippen LogP contribution is -2.16. The van der Waals surface area contributed by atoms with Crippen molar-refractivity contribution in [2.24, 2.45) is 0 Å². The number of aliphatic hydroxyl groups is 1. The molecule has 5 heteroatoms. The molecule has 0 spiro atoms. The van der Waals surface area contributed by atoms with E-state index in [9.17, 15) is 5.11 Å². The molecule has 0 saturated heterocycles. The van der Waals surface area contributed by atoms with Crippen LogP contribution < -0.4 is 0 Å². The van der Waals surface area contributed by atoms with E-state index in [1.807, 2.05) is 0 Å². The highest BCUT2D eigenvalue weighted by molar-refractivity contribution is 6.68. The maximum atomic E-state index is 9.51. The molecule has 1 atom stereocenters. The van der Waals surface area contributed by atoms with Crippen LogP contribution in [-0.4, -0.2) is 8.90 Å². The summed E-state index contributed by atoms with van der Waals surface area (Å²) in [5, 5.41) is 10.1. The largest absolute Gasteiger partial charge is 0.384 e. The highest BCUT2D eigenvalue weighted by Gasteiger charge is 2.31. The number of hydrogen-bond acceptors (Lipinski definition) is 1. The average molecular weight is 260 g/mol. The first-order valence-corrected chi connectivity index (χ1v) is 4.92. The molecule has 0 bridgehead atoms. The first-order valence-electron chi connectivity index (χ1n) is 3.41. The molecule has 0 aromatic heterocycles. The molecular formula is C8H6Cl4O. The summed E-state index contributed by atoms with van der Waals surface area (Å²) in [6, 6.07) is 6.46. The summed E-state index contributed by atoms with van der Waals surface area (Å²) in [5.41, 5.74) is 0.518. The summed E-state index contributed by atoms with van der Waals surface area (Å²) in [6.07, 6.45) is -1.14. The van der Waals surface area contributed by atoms with Gasteiger partial charge in [-0.25, -0.2) is 0 Å². The van der Waals surface area contributed by atoms with Gasteiger partial charge in [0.2, 0.25) is 3.79 Å². The van der Waals surface area contributed by atoms with Crippen molar-refractivity contribution in [2.75, 3.05) is 0 Å². The molecule has 0 radical (unpaired) electrons. The Morgan fingerprint density at radius 3 is 1.92 bits per heavy atom. The van der Waals surface area contributed by atoms with Gasteiger partial charge in [0.15, 0.2) is 0 Å².